The van der Waals surface area contributed by atoms with Gasteiger partial charge in [0.2, 0.25) is 0 Å². The van der Waals surface area contributed by atoms with E-state index in [1.807, 2.05) is 17.9 Å². The topological polar surface area (TPSA) is 68.5 Å². The molecule has 2 heterocycles. The minimum Gasteiger partial charge on any atom is -0.389 e. The second-order valence-electron chi connectivity index (χ2n) is 6.49. The molecule has 2 N–H and O–H groups in total. The molecule has 0 amide bonds. The molecule has 2 rings (SSSR count). The van der Waals surface area contributed by atoms with E-state index in [-0.39, 0.29) is 12.1 Å². The Labute approximate surface area is 132 Å². The van der Waals surface area contributed by atoms with Crippen LogP contribution in [-0.4, -0.2) is 53.4 Å². The molecule has 0 aromatic carbocycles. The molecule has 6 nitrogen and oxygen atoms in total. The zero-order chi connectivity index (χ0) is 16.1. The quantitative estimate of drug-likeness (QED) is 0.754. The zero-order valence-electron chi connectivity index (χ0n) is 14.1. The summed E-state index contributed by atoms with van der Waals surface area (Å²) in [6, 6.07) is 0.211. The third-order valence-corrected chi connectivity index (χ3v) is 4.05. The Hall–Kier alpha value is -0.950. The van der Waals surface area contributed by atoms with Crippen LogP contribution < -0.4 is 5.32 Å². The first-order valence-electron chi connectivity index (χ1n) is 8.08. The van der Waals surface area contributed by atoms with Gasteiger partial charge in [-0.25, -0.2) is 0 Å². The van der Waals surface area contributed by atoms with Gasteiger partial charge in [-0.3, -0.25) is 4.68 Å². The van der Waals surface area contributed by atoms with Gasteiger partial charge in [0.1, 0.15) is 6.10 Å². The highest BCUT2D eigenvalue weighted by atomic mass is 16.5. The molecule has 0 spiro atoms. The lowest BCUT2D eigenvalue weighted by Gasteiger charge is -2.21. The first kappa shape index (κ1) is 17.4. The number of aryl methyl sites for hydroxylation is 1. The highest BCUT2D eigenvalue weighted by molar-refractivity contribution is 5.21. The second kappa shape index (κ2) is 8.06. The van der Waals surface area contributed by atoms with Crippen LogP contribution in [0.5, 0.6) is 0 Å². The van der Waals surface area contributed by atoms with Crippen molar-refractivity contribution in [2.24, 2.45) is 13.0 Å². The molecule has 0 saturated carbocycles. The SMILES string of the molecule is Cc1c([C@H]2OCC[C@@H]2NCC(O)COCC(C)C)cnn1C. The van der Waals surface area contributed by atoms with Gasteiger partial charge < -0.3 is 19.9 Å². The molecule has 1 fully saturated rings. The average Bonchev–Trinajstić information content (AvgIpc) is 3.04. The van der Waals surface area contributed by atoms with Crippen LogP contribution >= 0.6 is 0 Å². The Morgan fingerprint density at radius 1 is 1.50 bits per heavy atom. The van der Waals surface area contributed by atoms with Gasteiger partial charge in [0.05, 0.1) is 18.9 Å². The monoisotopic (exact) mass is 311 g/mol. The smallest absolute Gasteiger partial charge is 0.101 e. The number of hydrogen-bond acceptors (Lipinski definition) is 5. The maximum atomic E-state index is 9.99. The summed E-state index contributed by atoms with van der Waals surface area (Å²) in [5.74, 6) is 0.487. The number of hydrogen-bond donors (Lipinski definition) is 2. The molecule has 22 heavy (non-hydrogen) atoms. The van der Waals surface area contributed by atoms with Crippen molar-refractivity contribution in [1.82, 2.24) is 15.1 Å². The number of rotatable bonds is 8. The molecule has 1 saturated heterocycles. The Balaban J connectivity index is 1.80. The van der Waals surface area contributed by atoms with Crippen molar-refractivity contribution < 1.29 is 14.6 Å². The lowest BCUT2D eigenvalue weighted by molar-refractivity contribution is 0.0228. The van der Waals surface area contributed by atoms with Crippen LogP contribution in [0.2, 0.25) is 0 Å². The van der Waals surface area contributed by atoms with Gasteiger partial charge in [-0.1, -0.05) is 13.8 Å². The highest BCUT2D eigenvalue weighted by Crippen LogP contribution is 2.30. The molecule has 1 aliphatic rings. The fraction of sp³-hybridized carbons (Fsp3) is 0.812. The summed E-state index contributed by atoms with van der Waals surface area (Å²) < 4.78 is 13.2. The normalized spacial score (nSPS) is 23.4. The summed E-state index contributed by atoms with van der Waals surface area (Å²) in [6.45, 7) is 8.55. The molecule has 1 aliphatic heterocycles. The molecule has 6 heteroatoms. The van der Waals surface area contributed by atoms with Crippen LogP contribution in [0.25, 0.3) is 0 Å². The maximum absolute atomic E-state index is 9.99. The Morgan fingerprint density at radius 2 is 2.27 bits per heavy atom. The molecule has 0 bridgehead atoms. The van der Waals surface area contributed by atoms with Crippen molar-refractivity contribution in [3.8, 4) is 0 Å². The van der Waals surface area contributed by atoms with E-state index in [1.54, 1.807) is 0 Å². The molecule has 1 aromatic heterocycles. The van der Waals surface area contributed by atoms with Crippen molar-refractivity contribution in [1.29, 1.82) is 0 Å². The summed E-state index contributed by atoms with van der Waals surface area (Å²) in [5, 5.41) is 17.7. The fourth-order valence-corrected chi connectivity index (χ4v) is 2.69. The predicted molar refractivity (Wildman–Crippen MR) is 84.7 cm³/mol. The summed E-state index contributed by atoms with van der Waals surface area (Å²) in [6.07, 6.45) is 2.34. The van der Waals surface area contributed by atoms with Crippen LogP contribution in [-0.2, 0) is 16.5 Å². The minimum absolute atomic E-state index is 0.0116. The van der Waals surface area contributed by atoms with E-state index >= 15 is 0 Å². The van der Waals surface area contributed by atoms with Crippen molar-refractivity contribution in [3.63, 3.8) is 0 Å². The van der Waals surface area contributed by atoms with Crippen molar-refractivity contribution in [2.45, 2.75) is 45.4 Å². The van der Waals surface area contributed by atoms with Crippen molar-refractivity contribution in [3.05, 3.63) is 17.5 Å². The van der Waals surface area contributed by atoms with E-state index in [0.717, 1.165) is 24.3 Å². The summed E-state index contributed by atoms with van der Waals surface area (Å²) in [7, 11) is 1.94. The standard InChI is InChI=1S/C16H29N3O3/c1-11(2)9-21-10-13(20)7-17-15-5-6-22-16(15)14-8-18-19(4)12(14)3/h8,11,13,15-17,20H,5-7,9-10H2,1-4H3/t13?,15-,16+/m0/s1. The highest BCUT2D eigenvalue weighted by Gasteiger charge is 2.31. The minimum atomic E-state index is -0.491. The van der Waals surface area contributed by atoms with Crippen molar-refractivity contribution in [2.75, 3.05) is 26.4 Å². The van der Waals surface area contributed by atoms with Gasteiger partial charge in [-0.05, 0) is 19.3 Å². The summed E-state index contributed by atoms with van der Waals surface area (Å²) in [4.78, 5) is 0. The molecule has 0 radical (unpaired) electrons. The van der Waals surface area contributed by atoms with E-state index in [9.17, 15) is 5.11 Å². The number of aliphatic hydroxyl groups is 1. The third-order valence-electron chi connectivity index (χ3n) is 4.05. The molecule has 0 aliphatic carbocycles. The molecule has 126 valence electrons. The molecule has 1 aromatic rings. The second-order valence-corrected chi connectivity index (χ2v) is 6.49. The number of aromatic nitrogens is 2. The van der Waals surface area contributed by atoms with E-state index < -0.39 is 6.10 Å². The largest absolute Gasteiger partial charge is 0.389 e. The summed E-state index contributed by atoms with van der Waals surface area (Å²) >= 11 is 0. The predicted octanol–water partition coefficient (Wildman–Crippen LogP) is 1.18. The molecular weight excluding hydrogens is 282 g/mol. The Kier molecular flexibility index (Phi) is 6.37. The van der Waals surface area contributed by atoms with E-state index in [2.05, 4.69) is 31.2 Å². The van der Waals surface area contributed by atoms with E-state index in [4.69, 9.17) is 9.47 Å². The lowest BCUT2D eigenvalue weighted by Crippen LogP contribution is -2.39. The summed E-state index contributed by atoms with van der Waals surface area (Å²) in [5.41, 5.74) is 2.25. The number of aliphatic hydroxyl groups excluding tert-OH is 1. The van der Waals surface area contributed by atoms with Crippen LogP contribution in [0.3, 0.4) is 0 Å². The van der Waals surface area contributed by atoms with Gasteiger partial charge in [0.15, 0.2) is 0 Å². The maximum Gasteiger partial charge on any atom is 0.101 e. The number of ether oxygens (including phenoxy) is 2. The number of nitrogens with one attached hydrogen (secondary N) is 1. The van der Waals surface area contributed by atoms with Gasteiger partial charge in [0, 0.05) is 44.1 Å². The van der Waals surface area contributed by atoms with Crippen LogP contribution in [0.1, 0.15) is 37.6 Å². The van der Waals surface area contributed by atoms with E-state index in [1.165, 1.54) is 0 Å². The first-order valence-corrected chi connectivity index (χ1v) is 8.08. The van der Waals surface area contributed by atoms with Gasteiger partial charge >= 0.3 is 0 Å². The van der Waals surface area contributed by atoms with Crippen molar-refractivity contribution >= 4 is 0 Å². The molecule has 1 unspecified atom stereocenters. The zero-order valence-corrected chi connectivity index (χ0v) is 14.1. The lowest BCUT2D eigenvalue weighted by atomic mass is 10.0. The molecular formula is C16H29N3O3. The van der Waals surface area contributed by atoms with Crippen LogP contribution in [0.4, 0.5) is 0 Å². The van der Waals surface area contributed by atoms with Gasteiger partial charge in [-0.2, -0.15) is 5.10 Å². The molecule has 3 atom stereocenters. The number of nitrogens with zero attached hydrogens (tertiary/aromatic N) is 2. The fourth-order valence-electron chi connectivity index (χ4n) is 2.69. The van der Waals surface area contributed by atoms with Gasteiger partial charge in [0.25, 0.3) is 0 Å². The Morgan fingerprint density at radius 3 is 2.91 bits per heavy atom. The average molecular weight is 311 g/mol. The van der Waals surface area contributed by atoms with E-state index in [0.29, 0.717) is 25.7 Å². The Bertz CT molecular complexity index is 461. The van der Waals surface area contributed by atoms with Crippen LogP contribution in [0, 0.1) is 12.8 Å². The third kappa shape index (κ3) is 4.52. The first-order chi connectivity index (χ1) is 10.5. The van der Waals surface area contributed by atoms with Gasteiger partial charge in [-0.15, -0.1) is 0 Å². The van der Waals surface area contributed by atoms with Crippen LogP contribution in [0.15, 0.2) is 6.20 Å².